The Morgan fingerprint density at radius 1 is 0.407 bits per heavy atom. The van der Waals surface area contributed by atoms with Crippen molar-refractivity contribution >= 4 is 49.8 Å². The molecule has 7 aromatic carbocycles. The van der Waals surface area contributed by atoms with E-state index in [1.807, 2.05) is 6.07 Å². The van der Waals surface area contributed by atoms with E-state index in [1.54, 1.807) is 0 Å². The van der Waals surface area contributed by atoms with Crippen molar-refractivity contribution in [1.82, 2.24) is 0 Å². The van der Waals surface area contributed by atoms with Gasteiger partial charge >= 0.3 is 0 Å². The van der Waals surface area contributed by atoms with Crippen LogP contribution in [0.3, 0.4) is 0 Å². The highest BCUT2D eigenvalue weighted by atomic mass is 16.3. The van der Waals surface area contributed by atoms with Gasteiger partial charge in [0, 0.05) is 33.1 Å². The molecule has 2 saturated carbocycles. The first-order valence-electron chi connectivity index (χ1n) is 20.3. The summed E-state index contributed by atoms with van der Waals surface area (Å²) in [6.07, 6.45) is 13.4. The first-order valence-corrected chi connectivity index (χ1v) is 20.3. The summed E-state index contributed by atoms with van der Waals surface area (Å²) in [7, 11) is 0. The van der Waals surface area contributed by atoms with Crippen LogP contribution in [0.5, 0.6) is 0 Å². The lowest BCUT2D eigenvalue weighted by atomic mass is 9.84. The topological polar surface area (TPSA) is 16.4 Å². The number of para-hydroxylation sites is 1. The molecule has 1 heterocycles. The van der Waals surface area contributed by atoms with Crippen LogP contribution in [0.2, 0.25) is 0 Å². The lowest BCUT2D eigenvalue weighted by Crippen LogP contribution is -2.12. The second kappa shape index (κ2) is 14.3. The quantitative estimate of drug-likeness (QED) is 0.164. The van der Waals surface area contributed by atoms with Gasteiger partial charge < -0.3 is 9.32 Å². The predicted molar refractivity (Wildman–Crippen MR) is 228 cm³/mol. The maximum Gasteiger partial charge on any atom is 0.136 e. The molecule has 2 heteroatoms. The Bertz CT molecular complexity index is 2550. The zero-order valence-corrected chi connectivity index (χ0v) is 31.0. The smallest absolute Gasteiger partial charge is 0.136 e. The molecule has 2 nitrogen and oxygen atoms in total. The fourth-order valence-electron chi connectivity index (χ4n) is 9.55. The maximum atomic E-state index is 6.43. The summed E-state index contributed by atoms with van der Waals surface area (Å²) < 4.78 is 6.43. The van der Waals surface area contributed by atoms with Crippen LogP contribution in [0.4, 0.5) is 17.1 Å². The summed E-state index contributed by atoms with van der Waals surface area (Å²) in [5, 5.41) is 4.74. The highest BCUT2D eigenvalue weighted by molar-refractivity contribution is 6.09. The normalized spacial score (nSPS) is 15.6. The van der Waals surface area contributed by atoms with E-state index in [1.165, 1.54) is 114 Å². The fourth-order valence-corrected chi connectivity index (χ4v) is 9.55. The van der Waals surface area contributed by atoms with Gasteiger partial charge in [-0.1, -0.05) is 148 Å². The lowest BCUT2D eigenvalue weighted by molar-refractivity contribution is 0.443. The fraction of sp³-hybridized carbons (Fsp3) is 0.231. The minimum absolute atomic E-state index is 0.661. The van der Waals surface area contributed by atoms with E-state index in [0.29, 0.717) is 5.92 Å². The van der Waals surface area contributed by atoms with Crippen LogP contribution < -0.4 is 4.90 Å². The zero-order chi connectivity index (χ0) is 35.8. The van der Waals surface area contributed by atoms with Crippen LogP contribution in [0, 0.1) is 0 Å². The molecule has 2 aliphatic carbocycles. The van der Waals surface area contributed by atoms with E-state index >= 15 is 0 Å². The molecule has 0 N–H and O–H groups in total. The van der Waals surface area contributed by atoms with Gasteiger partial charge in [0.05, 0.1) is 5.69 Å². The van der Waals surface area contributed by atoms with Crippen molar-refractivity contribution in [3.63, 3.8) is 0 Å². The van der Waals surface area contributed by atoms with Crippen molar-refractivity contribution in [3.05, 3.63) is 163 Å². The molecule has 1 aromatic heterocycles. The molecule has 0 aliphatic heterocycles. The molecule has 0 radical (unpaired) electrons. The molecule has 8 aromatic rings. The third-order valence-electron chi connectivity index (χ3n) is 12.5. The number of fused-ring (bicyclic) bond motifs is 4. The average molecular weight is 702 g/mol. The molecule has 0 bridgehead atoms. The van der Waals surface area contributed by atoms with Crippen LogP contribution >= 0.6 is 0 Å². The third kappa shape index (κ3) is 6.18. The van der Waals surface area contributed by atoms with Gasteiger partial charge in [-0.2, -0.15) is 0 Å². The van der Waals surface area contributed by atoms with Crippen LogP contribution in [0.1, 0.15) is 87.2 Å². The molecule has 0 amide bonds. The van der Waals surface area contributed by atoms with E-state index < -0.39 is 0 Å². The minimum Gasteiger partial charge on any atom is -0.456 e. The molecule has 2 fully saturated rings. The van der Waals surface area contributed by atoms with Crippen molar-refractivity contribution in [2.24, 2.45) is 0 Å². The maximum absolute atomic E-state index is 6.43. The van der Waals surface area contributed by atoms with E-state index in [-0.39, 0.29) is 0 Å². The number of rotatable bonds is 7. The zero-order valence-electron chi connectivity index (χ0n) is 31.0. The van der Waals surface area contributed by atoms with Gasteiger partial charge in [-0.05, 0) is 113 Å². The van der Waals surface area contributed by atoms with Gasteiger partial charge in [0.2, 0.25) is 0 Å². The van der Waals surface area contributed by atoms with Gasteiger partial charge in [-0.15, -0.1) is 0 Å². The third-order valence-corrected chi connectivity index (χ3v) is 12.5. The monoisotopic (exact) mass is 701 g/mol. The lowest BCUT2D eigenvalue weighted by Gasteiger charge is -2.30. The van der Waals surface area contributed by atoms with Crippen molar-refractivity contribution in [1.29, 1.82) is 0 Å². The summed E-state index contributed by atoms with van der Waals surface area (Å²) >= 11 is 0. The molecular weight excluding hydrogens is 655 g/mol. The number of nitrogens with zero attached hydrogens (tertiary/aromatic N) is 1. The first kappa shape index (κ1) is 33.0. The van der Waals surface area contributed by atoms with E-state index in [2.05, 4.69) is 150 Å². The summed E-state index contributed by atoms with van der Waals surface area (Å²) in [5.74, 6) is 1.38. The molecule has 266 valence electrons. The Kier molecular flexibility index (Phi) is 8.76. The average Bonchev–Trinajstić information content (AvgIpc) is 3.63. The molecule has 54 heavy (non-hydrogen) atoms. The molecule has 0 atom stereocenters. The molecule has 0 unspecified atom stereocenters. The van der Waals surface area contributed by atoms with Crippen LogP contribution in [0.25, 0.3) is 55.0 Å². The highest BCUT2D eigenvalue weighted by Gasteiger charge is 2.23. The van der Waals surface area contributed by atoms with E-state index in [0.717, 1.165) is 39.1 Å². The summed E-state index contributed by atoms with van der Waals surface area (Å²) in [4.78, 5) is 2.49. The van der Waals surface area contributed by atoms with Crippen molar-refractivity contribution in [3.8, 4) is 22.3 Å². The SMILES string of the molecule is c1ccc2c(N(c3ccc(-c4ccc(C5CCCCC5)cc4)cc3)c3ccc(C4CCCCC4)cc3)c(-c3ccc4c(c3)oc3ccccc34)ccc2c1. The summed E-state index contributed by atoms with van der Waals surface area (Å²) in [6, 6.07) is 56.6. The Morgan fingerprint density at radius 3 is 1.59 bits per heavy atom. The van der Waals surface area contributed by atoms with Gasteiger partial charge in [-0.3, -0.25) is 0 Å². The first-order chi connectivity index (χ1) is 26.8. The minimum atomic E-state index is 0.661. The predicted octanol–water partition coefficient (Wildman–Crippen LogP) is 15.6. The van der Waals surface area contributed by atoms with Gasteiger partial charge in [-0.25, -0.2) is 0 Å². The standard InChI is InChI=1S/C52H47NO/c1-3-11-36(12-4-1)38-19-21-39(22-20-38)41-25-31-45(32-26-41)53(44-29-23-40(24-30-44)37-13-5-2-6-14-37)52-46-16-8-7-15-42(46)27-33-47(52)43-28-34-49-48-17-9-10-18-50(48)54-51(49)35-43/h7-10,15-37H,1-6,11-14H2. The van der Waals surface area contributed by atoms with Gasteiger partial charge in [0.25, 0.3) is 0 Å². The van der Waals surface area contributed by atoms with Crippen LogP contribution in [-0.4, -0.2) is 0 Å². The van der Waals surface area contributed by atoms with Crippen LogP contribution in [-0.2, 0) is 0 Å². The Balaban J connectivity index is 1.10. The summed E-state index contributed by atoms with van der Waals surface area (Å²) in [6.45, 7) is 0. The molecule has 2 aliphatic rings. The van der Waals surface area contributed by atoms with Gasteiger partial charge in [0.1, 0.15) is 11.2 Å². The second-order valence-electron chi connectivity index (χ2n) is 15.8. The number of furan rings is 1. The van der Waals surface area contributed by atoms with Crippen molar-refractivity contribution in [2.75, 3.05) is 4.90 Å². The number of anilines is 3. The molecular formula is C52H47NO. The largest absolute Gasteiger partial charge is 0.456 e. The number of benzene rings is 7. The van der Waals surface area contributed by atoms with E-state index in [4.69, 9.17) is 4.42 Å². The van der Waals surface area contributed by atoms with E-state index in [9.17, 15) is 0 Å². The molecule has 0 saturated heterocycles. The number of hydrogen-bond acceptors (Lipinski definition) is 2. The Labute approximate surface area is 319 Å². The van der Waals surface area contributed by atoms with Crippen LogP contribution in [0.15, 0.2) is 156 Å². The second-order valence-corrected chi connectivity index (χ2v) is 15.8. The molecule has 10 rings (SSSR count). The Morgan fingerprint density at radius 2 is 0.926 bits per heavy atom. The summed E-state index contributed by atoms with van der Waals surface area (Å²) in [5.41, 5.74) is 13.1. The Hall–Kier alpha value is -5.60. The van der Waals surface area contributed by atoms with Crippen molar-refractivity contribution < 1.29 is 4.42 Å². The van der Waals surface area contributed by atoms with Crippen molar-refractivity contribution in [2.45, 2.75) is 76.0 Å². The molecule has 0 spiro atoms. The van der Waals surface area contributed by atoms with Gasteiger partial charge in [0.15, 0.2) is 0 Å². The number of hydrogen-bond donors (Lipinski definition) is 0. The highest BCUT2D eigenvalue weighted by Crippen LogP contribution is 2.47.